The molecule has 0 saturated heterocycles. The maximum absolute atomic E-state index is 11.4. The minimum Gasteiger partial charge on any atom is -0.373 e. The highest BCUT2D eigenvalue weighted by molar-refractivity contribution is 5.95. The summed E-state index contributed by atoms with van der Waals surface area (Å²) in [6.45, 7) is 5.18. The number of ketones is 1. The normalized spacial score (nSPS) is 12.0. The second kappa shape index (κ2) is 5.97. The van der Waals surface area contributed by atoms with Gasteiger partial charge < -0.3 is 5.32 Å². The molecule has 1 aromatic carbocycles. The number of hydrogen-bond acceptors (Lipinski definition) is 5. The number of hydrogen-bond donors (Lipinski definition) is 1. The molecule has 0 radical (unpaired) electrons. The first-order valence-electron chi connectivity index (χ1n) is 6.85. The van der Waals surface area contributed by atoms with Crippen LogP contribution in [0.5, 0.6) is 0 Å². The zero-order valence-corrected chi connectivity index (χ0v) is 13.0. The number of carbonyl (C=O) groups is 1. The van der Waals surface area contributed by atoms with Gasteiger partial charge in [0.25, 0.3) is 5.69 Å². The first-order chi connectivity index (χ1) is 10.3. The van der Waals surface area contributed by atoms with E-state index in [4.69, 9.17) is 0 Å². The number of aromatic nitrogens is 2. The Labute approximate surface area is 128 Å². The highest BCUT2D eigenvalue weighted by atomic mass is 16.6. The largest absolute Gasteiger partial charge is 0.373 e. The van der Waals surface area contributed by atoms with Gasteiger partial charge in [0.15, 0.2) is 5.78 Å². The van der Waals surface area contributed by atoms with Crippen molar-refractivity contribution >= 4 is 17.2 Å². The van der Waals surface area contributed by atoms with Crippen LogP contribution < -0.4 is 5.32 Å². The summed E-state index contributed by atoms with van der Waals surface area (Å²) in [5.74, 6) is -0.203. The highest BCUT2D eigenvalue weighted by Gasteiger charge is 2.19. The first kappa shape index (κ1) is 15.7. The molecular weight excluding hydrogens is 284 g/mol. The maximum atomic E-state index is 11.4. The van der Waals surface area contributed by atoms with Crippen molar-refractivity contribution in [1.29, 1.82) is 0 Å². The van der Waals surface area contributed by atoms with Crippen molar-refractivity contribution < 1.29 is 9.72 Å². The summed E-state index contributed by atoms with van der Waals surface area (Å²) >= 11 is 0. The number of nitro benzene ring substituents is 1. The van der Waals surface area contributed by atoms with Crippen LogP contribution in [0.4, 0.5) is 11.4 Å². The topological polar surface area (TPSA) is 90.1 Å². The molecule has 0 aliphatic heterocycles. The molecule has 0 aliphatic rings. The zero-order valence-electron chi connectivity index (χ0n) is 13.0. The Balaban J connectivity index is 2.34. The van der Waals surface area contributed by atoms with E-state index >= 15 is 0 Å². The van der Waals surface area contributed by atoms with Gasteiger partial charge in [0, 0.05) is 30.4 Å². The summed E-state index contributed by atoms with van der Waals surface area (Å²) in [6, 6.07) is 4.31. The van der Waals surface area contributed by atoms with E-state index in [0.29, 0.717) is 11.3 Å². The van der Waals surface area contributed by atoms with Crippen LogP contribution in [0, 0.1) is 17.0 Å². The molecule has 1 heterocycles. The molecule has 0 aliphatic carbocycles. The number of carbonyl (C=O) groups excluding carboxylic acids is 1. The molecule has 2 rings (SSSR count). The van der Waals surface area contributed by atoms with Gasteiger partial charge in [-0.2, -0.15) is 5.10 Å². The van der Waals surface area contributed by atoms with E-state index < -0.39 is 4.92 Å². The molecule has 0 amide bonds. The van der Waals surface area contributed by atoms with Gasteiger partial charge in [-0.25, -0.2) is 0 Å². The molecule has 7 nitrogen and oxygen atoms in total. The van der Waals surface area contributed by atoms with Gasteiger partial charge in [-0.15, -0.1) is 0 Å². The van der Waals surface area contributed by atoms with E-state index in [9.17, 15) is 14.9 Å². The molecule has 7 heteroatoms. The summed E-state index contributed by atoms with van der Waals surface area (Å²) in [5, 5.41) is 18.6. The van der Waals surface area contributed by atoms with Gasteiger partial charge in [0.05, 0.1) is 16.7 Å². The third-order valence-corrected chi connectivity index (χ3v) is 3.49. The van der Waals surface area contributed by atoms with Crippen molar-refractivity contribution in [3.63, 3.8) is 0 Å². The van der Waals surface area contributed by atoms with Crippen molar-refractivity contribution in [3.8, 4) is 0 Å². The molecule has 1 unspecified atom stereocenters. The summed E-state index contributed by atoms with van der Waals surface area (Å²) in [4.78, 5) is 22.1. The quantitative estimate of drug-likeness (QED) is 0.521. The van der Waals surface area contributed by atoms with Crippen LogP contribution in [-0.4, -0.2) is 20.5 Å². The lowest BCUT2D eigenvalue weighted by molar-refractivity contribution is -0.384. The number of anilines is 1. The number of benzene rings is 1. The minimum atomic E-state index is -0.488. The third kappa shape index (κ3) is 3.13. The Morgan fingerprint density at radius 3 is 2.64 bits per heavy atom. The lowest BCUT2D eigenvalue weighted by Gasteiger charge is -2.15. The molecular formula is C15H18N4O3. The van der Waals surface area contributed by atoms with Crippen molar-refractivity contribution in [2.24, 2.45) is 7.05 Å². The fourth-order valence-corrected chi connectivity index (χ4v) is 2.38. The fourth-order valence-electron chi connectivity index (χ4n) is 2.38. The van der Waals surface area contributed by atoms with Gasteiger partial charge in [-0.3, -0.25) is 19.6 Å². The van der Waals surface area contributed by atoms with Crippen LogP contribution in [0.2, 0.25) is 0 Å². The summed E-state index contributed by atoms with van der Waals surface area (Å²) in [5.41, 5.74) is 2.42. The molecule has 1 aromatic heterocycles. The molecule has 0 saturated carbocycles. The second-order valence-electron chi connectivity index (χ2n) is 5.25. The molecule has 116 valence electrons. The standard InChI is InChI=1S/C15H18N4O3/c1-9(13-8-18(4)17-10(13)2)16-14-6-5-12(11(3)20)7-15(14)19(21)22/h5-9,16H,1-4H3. The van der Waals surface area contributed by atoms with Gasteiger partial charge in [0.2, 0.25) is 0 Å². The van der Waals surface area contributed by atoms with Crippen LogP contribution in [-0.2, 0) is 7.05 Å². The predicted molar refractivity (Wildman–Crippen MR) is 83.1 cm³/mol. The van der Waals surface area contributed by atoms with Crippen LogP contribution in [0.15, 0.2) is 24.4 Å². The van der Waals surface area contributed by atoms with E-state index in [2.05, 4.69) is 10.4 Å². The fraction of sp³-hybridized carbons (Fsp3) is 0.333. The third-order valence-electron chi connectivity index (χ3n) is 3.49. The van der Waals surface area contributed by atoms with Crippen molar-refractivity contribution in [2.75, 3.05) is 5.32 Å². The van der Waals surface area contributed by atoms with E-state index in [0.717, 1.165) is 11.3 Å². The number of nitrogens with zero attached hydrogens (tertiary/aromatic N) is 3. The van der Waals surface area contributed by atoms with Crippen LogP contribution >= 0.6 is 0 Å². The minimum absolute atomic E-state index is 0.110. The average molecular weight is 302 g/mol. The SMILES string of the molecule is CC(=O)c1ccc(NC(C)c2cn(C)nc2C)c([N+](=O)[O-])c1. The van der Waals surface area contributed by atoms with Crippen LogP contribution in [0.1, 0.15) is 41.5 Å². The van der Waals surface area contributed by atoms with Crippen LogP contribution in [0.25, 0.3) is 0 Å². The molecule has 0 spiro atoms. The Hall–Kier alpha value is -2.70. The Kier molecular flexibility index (Phi) is 4.25. The van der Waals surface area contributed by atoms with E-state index in [1.165, 1.54) is 13.0 Å². The maximum Gasteiger partial charge on any atom is 0.293 e. The Morgan fingerprint density at radius 2 is 2.14 bits per heavy atom. The molecule has 22 heavy (non-hydrogen) atoms. The Morgan fingerprint density at radius 1 is 1.45 bits per heavy atom. The lowest BCUT2D eigenvalue weighted by Crippen LogP contribution is -2.09. The Bertz CT molecular complexity index is 736. The van der Waals surface area contributed by atoms with Gasteiger partial charge >= 0.3 is 0 Å². The summed E-state index contributed by atoms with van der Waals surface area (Å²) in [6.07, 6.45) is 1.88. The molecule has 0 fully saturated rings. The first-order valence-corrected chi connectivity index (χ1v) is 6.85. The van der Waals surface area contributed by atoms with E-state index in [1.807, 2.05) is 27.1 Å². The lowest BCUT2D eigenvalue weighted by atomic mass is 10.1. The van der Waals surface area contributed by atoms with E-state index in [-0.39, 0.29) is 17.5 Å². The number of rotatable bonds is 5. The second-order valence-corrected chi connectivity index (χ2v) is 5.25. The average Bonchev–Trinajstić information content (AvgIpc) is 2.77. The van der Waals surface area contributed by atoms with Crippen molar-refractivity contribution in [3.05, 3.63) is 51.3 Å². The molecule has 2 aromatic rings. The number of Topliss-reactive ketones (excluding diaryl/α,β-unsaturated/α-hetero) is 1. The summed E-state index contributed by atoms with van der Waals surface area (Å²) < 4.78 is 1.70. The van der Waals surface area contributed by atoms with Gasteiger partial charge in [-0.05, 0) is 32.9 Å². The molecule has 1 atom stereocenters. The summed E-state index contributed by atoms with van der Waals surface area (Å²) in [7, 11) is 1.83. The monoisotopic (exact) mass is 302 g/mol. The van der Waals surface area contributed by atoms with Crippen molar-refractivity contribution in [1.82, 2.24) is 9.78 Å². The number of nitro groups is 1. The van der Waals surface area contributed by atoms with Gasteiger partial charge in [-0.1, -0.05) is 0 Å². The highest BCUT2D eigenvalue weighted by Crippen LogP contribution is 2.30. The number of nitrogens with one attached hydrogen (secondary N) is 1. The zero-order chi connectivity index (χ0) is 16.4. The number of aryl methyl sites for hydroxylation is 2. The van der Waals surface area contributed by atoms with Crippen LogP contribution in [0.3, 0.4) is 0 Å². The van der Waals surface area contributed by atoms with Crippen molar-refractivity contribution in [2.45, 2.75) is 26.8 Å². The predicted octanol–water partition coefficient (Wildman–Crippen LogP) is 3.01. The smallest absolute Gasteiger partial charge is 0.293 e. The van der Waals surface area contributed by atoms with Gasteiger partial charge in [0.1, 0.15) is 5.69 Å². The molecule has 0 bridgehead atoms. The molecule has 1 N–H and O–H groups in total. The van der Waals surface area contributed by atoms with E-state index in [1.54, 1.807) is 16.8 Å².